The third-order valence-electron chi connectivity index (χ3n) is 3.27. The van der Waals surface area contributed by atoms with E-state index >= 15 is 0 Å². The number of nitrogens with zero attached hydrogens (tertiary/aromatic N) is 2. The molecule has 2 fully saturated rings. The highest BCUT2D eigenvalue weighted by molar-refractivity contribution is 6.01. The van der Waals surface area contributed by atoms with Crippen LogP contribution in [-0.2, 0) is 9.59 Å². The van der Waals surface area contributed by atoms with E-state index < -0.39 is 0 Å². The molecule has 4 nitrogen and oxygen atoms in total. The Kier molecular flexibility index (Phi) is 2.14. The zero-order chi connectivity index (χ0) is 12.0. The van der Waals surface area contributed by atoms with Gasteiger partial charge in [0.25, 0.3) is 0 Å². The second-order valence-electron chi connectivity index (χ2n) is 4.28. The molecule has 1 atom stereocenters. The summed E-state index contributed by atoms with van der Waals surface area (Å²) in [7, 11) is 0. The van der Waals surface area contributed by atoms with Gasteiger partial charge in [-0.3, -0.25) is 14.5 Å². The van der Waals surface area contributed by atoms with Crippen molar-refractivity contribution < 1.29 is 14.0 Å². The van der Waals surface area contributed by atoms with E-state index in [0.29, 0.717) is 18.5 Å². The minimum absolute atomic E-state index is 0.0213. The smallest absolute Gasteiger partial charge is 0.248 e. The molecule has 3 rings (SSSR count). The lowest BCUT2D eigenvalue weighted by Crippen LogP contribution is -2.36. The Morgan fingerprint density at radius 2 is 1.82 bits per heavy atom. The Balaban J connectivity index is 1.95. The average Bonchev–Trinajstić information content (AvgIpc) is 2.81. The summed E-state index contributed by atoms with van der Waals surface area (Å²) >= 11 is 0. The molecule has 2 saturated heterocycles. The van der Waals surface area contributed by atoms with Gasteiger partial charge in [0.05, 0.1) is 0 Å². The summed E-state index contributed by atoms with van der Waals surface area (Å²) in [6.45, 7) is 0.140. The minimum Gasteiger partial charge on any atom is -0.312 e. The summed E-state index contributed by atoms with van der Waals surface area (Å²) in [5.74, 6) is -0.414. The number of fused-ring (bicyclic) bond motifs is 1. The van der Waals surface area contributed by atoms with Crippen LogP contribution in [0.5, 0.6) is 0 Å². The maximum atomic E-state index is 12.8. The molecular weight excluding hydrogens is 223 g/mol. The first kappa shape index (κ1) is 10.3. The van der Waals surface area contributed by atoms with Crippen molar-refractivity contribution in [3.05, 3.63) is 30.1 Å². The van der Waals surface area contributed by atoms with Crippen molar-refractivity contribution in [3.8, 4) is 0 Å². The lowest BCUT2D eigenvalue weighted by Gasteiger charge is -2.23. The number of hydrogen-bond donors (Lipinski definition) is 0. The average molecular weight is 234 g/mol. The van der Waals surface area contributed by atoms with Crippen LogP contribution in [0.25, 0.3) is 0 Å². The third-order valence-corrected chi connectivity index (χ3v) is 3.27. The summed E-state index contributed by atoms with van der Waals surface area (Å²) in [5, 5.41) is 0. The summed E-state index contributed by atoms with van der Waals surface area (Å²) < 4.78 is 12.8. The van der Waals surface area contributed by atoms with E-state index in [1.165, 1.54) is 12.1 Å². The molecular formula is C12H11FN2O2. The first-order chi connectivity index (χ1) is 8.16. The zero-order valence-electron chi connectivity index (χ0n) is 9.10. The summed E-state index contributed by atoms with van der Waals surface area (Å²) in [5.41, 5.74) is 0.651. The Morgan fingerprint density at radius 3 is 2.53 bits per heavy atom. The number of rotatable bonds is 1. The lowest BCUT2D eigenvalue weighted by molar-refractivity contribution is -0.129. The van der Waals surface area contributed by atoms with Crippen molar-refractivity contribution in [1.29, 1.82) is 0 Å². The van der Waals surface area contributed by atoms with Crippen LogP contribution in [0.1, 0.15) is 12.8 Å². The SMILES string of the molecule is O=C1CCC2N1CC(=O)N2c1ccc(F)cc1. The molecule has 1 aromatic rings. The van der Waals surface area contributed by atoms with Crippen LogP contribution < -0.4 is 4.90 Å². The van der Waals surface area contributed by atoms with E-state index in [1.54, 1.807) is 21.9 Å². The standard InChI is InChI=1S/C12H11FN2O2/c13-8-1-3-9(4-2-8)15-10-5-6-11(16)14(10)7-12(15)17/h1-4,10H,5-7H2. The van der Waals surface area contributed by atoms with E-state index in [0.717, 1.165) is 0 Å². The van der Waals surface area contributed by atoms with E-state index in [1.807, 2.05) is 0 Å². The van der Waals surface area contributed by atoms with Crippen LogP contribution in [0.2, 0.25) is 0 Å². The predicted octanol–water partition coefficient (Wildman–Crippen LogP) is 1.12. The van der Waals surface area contributed by atoms with Crippen LogP contribution in [0.15, 0.2) is 24.3 Å². The molecule has 0 radical (unpaired) electrons. The molecule has 2 aliphatic heterocycles. The van der Waals surface area contributed by atoms with Gasteiger partial charge in [0, 0.05) is 12.1 Å². The highest BCUT2D eigenvalue weighted by atomic mass is 19.1. The maximum Gasteiger partial charge on any atom is 0.248 e. The number of carbonyl (C=O) groups excluding carboxylic acids is 2. The first-order valence-electron chi connectivity index (χ1n) is 5.54. The second-order valence-corrected chi connectivity index (χ2v) is 4.28. The Morgan fingerprint density at radius 1 is 1.12 bits per heavy atom. The second kappa shape index (κ2) is 3.55. The van der Waals surface area contributed by atoms with Crippen LogP contribution in [-0.4, -0.2) is 29.4 Å². The molecule has 0 N–H and O–H groups in total. The molecule has 17 heavy (non-hydrogen) atoms. The van der Waals surface area contributed by atoms with Gasteiger partial charge in [0.2, 0.25) is 11.8 Å². The number of halogens is 1. The van der Waals surface area contributed by atoms with Gasteiger partial charge < -0.3 is 4.90 Å². The van der Waals surface area contributed by atoms with E-state index in [4.69, 9.17) is 0 Å². The van der Waals surface area contributed by atoms with Gasteiger partial charge in [0.1, 0.15) is 18.5 Å². The van der Waals surface area contributed by atoms with E-state index in [-0.39, 0.29) is 30.3 Å². The number of benzene rings is 1. The Labute approximate surface area is 97.6 Å². The summed E-state index contributed by atoms with van der Waals surface area (Å²) in [4.78, 5) is 26.6. The van der Waals surface area contributed by atoms with Crippen molar-refractivity contribution in [2.45, 2.75) is 19.0 Å². The molecule has 0 bridgehead atoms. The largest absolute Gasteiger partial charge is 0.312 e. The monoisotopic (exact) mass is 234 g/mol. The zero-order valence-corrected chi connectivity index (χ0v) is 9.10. The van der Waals surface area contributed by atoms with Crippen LogP contribution >= 0.6 is 0 Å². The Bertz CT molecular complexity index is 486. The van der Waals surface area contributed by atoms with Crippen LogP contribution in [0.3, 0.4) is 0 Å². The van der Waals surface area contributed by atoms with Crippen molar-refractivity contribution in [2.75, 3.05) is 11.4 Å². The number of hydrogen-bond acceptors (Lipinski definition) is 2. The normalized spacial score (nSPS) is 23.5. The highest BCUT2D eigenvalue weighted by Gasteiger charge is 2.44. The van der Waals surface area contributed by atoms with Crippen molar-refractivity contribution in [1.82, 2.24) is 4.90 Å². The quantitative estimate of drug-likeness (QED) is 0.730. The fourth-order valence-electron chi connectivity index (χ4n) is 2.49. The number of carbonyl (C=O) groups is 2. The minimum atomic E-state index is -0.334. The van der Waals surface area contributed by atoms with Gasteiger partial charge in [-0.2, -0.15) is 0 Å². The van der Waals surface area contributed by atoms with Crippen molar-refractivity contribution in [3.63, 3.8) is 0 Å². The topological polar surface area (TPSA) is 40.6 Å². The highest BCUT2D eigenvalue weighted by Crippen LogP contribution is 2.31. The lowest BCUT2D eigenvalue weighted by atomic mass is 10.2. The van der Waals surface area contributed by atoms with Crippen LogP contribution in [0, 0.1) is 5.82 Å². The van der Waals surface area contributed by atoms with Crippen LogP contribution in [0.4, 0.5) is 10.1 Å². The number of anilines is 1. The molecule has 88 valence electrons. The fourth-order valence-corrected chi connectivity index (χ4v) is 2.49. The van der Waals surface area contributed by atoms with Crippen molar-refractivity contribution >= 4 is 17.5 Å². The van der Waals surface area contributed by atoms with Gasteiger partial charge in [0.15, 0.2) is 0 Å². The van der Waals surface area contributed by atoms with Gasteiger partial charge in [-0.25, -0.2) is 4.39 Å². The molecule has 0 aliphatic carbocycles. The Hall–Kier alpha value is -1.91. The molecule has 5 heteroatoms. The molecule has 0 aromatic heterocycles. The van der Waals surface area contributed by atoms with Crippen molar-refractivity contribution in [2.24, 2.45) is 0 Å². The third kappa shape index (κ3) is 1.50. The molecule has 1 aromatic carbocycles. The molecule has 0 saturated carbocycles. The molecule has 2 heterocycles. The van der Waals surface area contributed by atoms with E-state index in [9.17, 15) is 14.0 Å². The summed E-state index contributed by atoms with van der Waals surface area (Å²) in [6, 6.07) is 5.78. The first-order valence-corrected chi connectivity index (χ1v) is 5.54. The predicted molar refractivity (Wildman–Crippen MR) is 58.6 cm³/mol. The maximum absolute atomic E-state index is 12.8. The molecule has 0 spiro atoms. The summed E-state index contributed by atoms with van der Waals surface area (Å²) in [6.07, 6.45) is 0.956. The van der Waals surface area contributed by atoms with E-state index in [2.05, 4.69) is 0 Å². The molecule has 2 aliphatic rings. The molecule has 2 amide bonds. The van der Waals surface area contributed by atoms with Gasteiger partial charge in [-0.1, -0.05) is 0 Å². The van der Waals surface area contributed by atoms with Gasteiger partial charge in [-0.15, -0.1) is 0 Å². The van der Waals surface area contributed by atoms with Gasteiger partial charge in [-0.05, 0) is 30.7 Å². The molecule has 1 unspecified atom stereocenters. The number of amides is 2. The fraction of sp³-hybridized carbons (Fsp3) is 0.333. The van der Waals surface area contributed by atoms with Gasteiger partial charge >= 0.3 is 0 Å².